The molecule has 202 valence electrons. The van der Waals surface area contributed by atoms with Crippen molar-refractivity contribution in [1.29, 1.82) is 5.41 Å². The average molecular weight is 520 g/mol. The van der Waals surface area contributed by atoms with E-state index in [4.69, 9.17) is 11.1 Å². The number of nitrogen functional groups attached to an aromatic ring is 1. The highest BCUT2D eigenvalue weighted by Crippen LogP contribution is 2.32. The van der Waals surface area contributed by atoms with E-state index >= 15 is 0 Å². The maximum Gasteiger partial charge on any atom is 0.317 e. The number of carboxylic acid groups (broad SMARTS) is 1. The third kappa shape index (κ3) is 6.77. The van der Waals surface area contributed by atoms with Crippen LogP contribution in [0, 0.1) is 11.3 Å². The van der Waals surface area contributed by atoms with Gasteiger partial charge in [-0.3, -0.25) is 25.1 Å². The van der Waals surface area contributed by atoms with Crippen molar-refractivity contribution in [3.63, 3.8) is 0 Å². The lowest BCUT2D eigenvalue weighted by atomic mass is 9.84. The van der Waals surface area contributed by atoms with Crippen molar-refractivity contribution in [3.8, 4) is 0 Å². The van der Waals surface area contributed by atoms with Crippen LogP contribution < -0.4 is 21.7 Å². The van der Waals surface area contributed by atoms with Crippen LogP contribution in [0.3, 0.4) is 0 Å². The van der Waals surface area contributed by atoms with Crippen LogP contribution in [0.1, 0.15) is 60.8 Å². The van der Waals surface area contributed by atoms with Crippen LogP contribution in [0.2, 0.25) is 0 Å². The Morgan fingerprint density at radius 3 is 2.21 bits per heavy atom. The second-order valence-electron chi connectivity index (χ2n) is 10.6. The molecular formula is C29H37N5O4. The summed E-state index contributed by atoms with van der Waals surface area (Å²) in [7, 11) is 0. The van der Waals surface area contributed by atoms with Gasteiger partial charge in [0.2, 0.25) is 11.8 Å². The van der Waals surface area contributed by atoms with E-state index in [9.17, 15) is 19.5 Å². The minimum Gasteiger partial charge on any atom is -0.480 e. The molecule has 9 heteroatoms. The summed E-state index contributed by atoms with van der Waals surface area (Å²) in [6.07, 6.45) is 6.75. The topological polar surface area (TPSA) is 157 Å². The molecule has 1 fully saturated rings. The number of amidine groups is 1. The van der Waals surface area contributed by atoms with E-state index < -0.39 is 17.6 Å². The number of hydrogen-bond donors (Lipinski definition) is 6. The smallest absolute Gasteiger partial charge is 0.317 e. The summed E-state index contributed by atoms with van der Waals surface area (Å²) in [5.74, 6) is -1.32. The highest BCUT2D eigenvalue weighted by Gasteiger charge is 2.46. The van der Waals surface area contributed by atoms with Crippen molar-refractivity contribution >= 4 is 23.6 Å². The Morgan fingerprint density at radius 1 is 1.00 bits per heavy atom. The summed E-state index contributed by atoms with van der Waals surface area (Å²) in [6, 6.07) is 14.2. The van der Waals surface area contributed by atoms with E-state index in [1.54, 1.807) is 12.1 Å². The molecule has 7 N–H and O–H groups in total. The number of carboxylic acids is 1. The van der Waals surface area contributed by atoms with Crippen molar-refractivity contribution in [2.24, 2.45) is 11.7 Å². The van der Waals surface area contributed by atoms with Gasteiger partial charge < -0.3 is 21.5 Å². The van der Waals surface area contributed by atoms with Crippen LogP contribution in [0.4, 0.5) is 0 Å². The van der Waals surface area contributed by atoms with Gasteiger partial charge in [0, 0.05) is 24.9 Å². The number of amides is 2. The summed E-state index contributed by atoms with van der Waals surface area (Å²) in [6.45, 7) is -0.0613. The van der Waals surface area contributed by atoms with Crippen molar-refractivity contribution in [3.05, 3.63) is 70.8 Å². The standard InChI is InChI=1S/C29H37N5O4/c30-26(31)21-12-10-20(11-13-21)17-33-28(38)29(15-22-8-4-5-9-23(22)16-29)34-27(37)24(32-18-25(35)36)14-19-6-2-1-3-7-19/h4-5,8-13,19,24,32H,1-3,6-7,14-18H2,(H3,30,31)(H,33,38)(H,34,37)(H,35,36)/t24-/m1/s1. The van der Waals surface area contributed by atoms with Gasteiger partial charge in [0.15, 0.2) is 0 Å². The molecule has 0 aromatic heterocycles. The van der Waals surface area contributed by atoms with E-state index in [0.29, 0.717) is 30.7 Å². The lowest BCUT2D eigenvalue weighted by molar-refractivity contribution is -0.137. The van der Waals surface area contributed by atoms with Gasteiger partial charge in [-0.15, -0.1) is 0 Å². The van der Waals surface area contributed by atoms with Crippen LogP contribution in [-0.2, 0) is 33.8 Å². The van der Waals surface area contributed by atoms with Gasteiger partial charge in [-0.05, 0) is 29.0 Å². The summed E-state index contributed by atoms with van der Waals surface area (Å²) in [5, 5.41) is 25.8. The molecule has 4 rings (SSSR count). The third-order valence-electron chi connectivity index (χ3n) is 7.73. The van der Waals surface area contributed by atoms with Crippen LogP contribution in [0.15, 0.2) is 48.5 Å². The molecule has 0 bridgehead atoms. The average Bonchev–Trinajstić information content (AvgIpc) is 3.29. The Morgan fingerprint density at radius 2 is 1.63 bits per heavy atom. The number of rotatable bonds is 11. The Hall–Kier alpha value is -3.72. The van der Waals surface area contributed by atoms with Crippen LogP contribution in [-0.4, -0.2) is 46.9 Å². The predicted octanol–water partition coefficient (Wildman–Crippen LogP) is 2.25. The van der Waals surface area contributed by atoms with Gasteiger partial charge in [0.05, 0.1) is 12.6 Å². The molecule has 2 aromatic carbocycles. The van der Waals surface area contributed by atoms with E-state index in [2.05, 4.69) is 16.0 Å². The Bertz CT molecular complexity index is 1150. The molecule has 0 heterocycles. The zero-order chi connectivity index (χ0) is 27.1. The molecule has 38 heavy (non-hydrogen) atoms. The third-order valence-corrected chi connectivity index (χ3v) is 7.73. The molecule has 0 radical (unpaired) electrons. The van der Waals surface area contributed by atoms with E-state index in [1.165, 1.54) is 6.42 Å². The molecule has 9 nitrogen and oxygen atoms in total. The fraction of sp³-hybridized carbons (Fsp3) is 0.448. The normalized spacial score (nSPS) is 17.3. The first-order valence-corrected chi connectivity index (χ1v) is 13.3. The number of aliphatic carboxylic acids is 1. The van der Waals surface area contributed by atoms with E-state index in [-0.39, 0.29) is 30.7 Å². The van der Waals surface area contributed by atoms with Gasteiger partial charge in [-0.1, -0.05) is 80.6 Å². The highest BCUT2D eigenvalue weighted by atomic mass is 16.4. The van der Waals surface area contributed by atoms with Crippen molar-refractivity contribution in [2.75, 3.05) is 6.54 Å². The quantitative estimate of drug-likeness (QED) is 0.197. The maximum absolute atomic E-state index is 13.7. The van der Waals surface area contributed by atoms with Crippen LogP contribution in [0.25, 0.3) is 0 Å². The van der Waals surface area contributed by atoms with Crippen molar-refractivity contribution in [2.45, 2.75) is 69.5 Å². The second kappa shape index (κ2) is 12.2. The van der Waals surface area contributed by atoms with Crippen LogP contribution >= 0.6 is 0 Å². The zero-order valence-electron chi connectivity index (χ0n) is 21.6. The van der Waals surface area contributed by atoms with Gasteiger partial charge in [-0.2, -0.15) is 0 Å². The molecule has 2 aliphatic carbocycles. The largest absolute Gasteiger partial charge is 0.480 e. The Labute approximate surface area is 223 Å². The number of fused-ring (bicyclic) bond motifs is 1. The molecule has 0 unspecified atom stereocenters. The summed E-state index contributed by atoms with van der Waals surface area (Å²) in [5.41, 5.74) is 7.83. The van der Waals surface area contributed by atoms with Gasteiger partial charge >= 0.3 is 5.97 Å². The summed E-state index contributed by atoms with van der Waals surface area (Å²) in [4.78, 5) is 38.6. The monoisotopic (exact) mass is 519 g/mol. The van der Waals surface area contributed by atoms with E-state index in [1.807, 2.05) is 36.4 Å². The molecule has 0 aliphatic heterocycles. The number of hydrogen-bond acceptors (Lipinski definition) is 5. The zero-order valence-corrected chi connectivity index (χ0v) is 21.6. The molecule has 2 amide bonds. The number of carbonyl (C=O) groups is 3. The lowest BCUT2D eigenvalue weighted by Gasteiger charge is -2.33. The molecule has 2 aliphatic rings. The molecule has 1 saturated carbocycles. The minimum atomic E-state index is -1.17. The molecular weight excluding hydrogens is 482 g/mol. The summed E-state index contributed by atoms with van der Waals surface area (Å²) < 4.78 is 0. The van der Waals surface area contributed by atoms with Crippen LogP contribution in [0.5, 0.6) is 0 Å². The van der Waals surface area contributed by atoms with Gasteiger partial charge in [0.25, 0.3) is 0 Å². The highest BCUT2D eigenvalue weighted by molar-refractivity contribution is 5.95. The number of nitrogens with one attached hydrogen (secondary N) is 4. The van der Waals surface area contributed by atoms with Gasteiger partial charge in [-0.25, -0.2) is 0 Å². The second-order valence-corrected chi connectivity index (χ2v) is 10.6. The first kappa shape index (κ1) is 27.3. The number of nitrogens with two attached hydrogens (primary N) is 1. The maximum atomic E-state index is 13.7. The fourth-order valence-electron chi connectivity index (χ4n) is 5.65. The van der Waals surface area contributed by atoms with E-state index in [0.717, 1.165) is 42.4 Å². The Kier molecular flexibility index (Phi) is 8.78. The van der Waals surface area contributed by atoms with Crippen molar-refractivity contribution in [1.82, 2.24) is 16.0 Å². The number of benzene rings is 2. The predicted molar refractivity (Wildman–Crippen MR) is 145 cm³/mol. The molecule has 0 spiro atoms. The molecule has 1 atom stereocenters. The first-order valence-electron chi connectivity index (χ1n) is 13.3. The van der Waals surface area contributed by atoms with Crippen molar-refractivity contribution < 1.29 is 19.5 Å². The molecule has 0 saturated heterocycles. The SMILES string of the molecule is N=C(N)c1ccc(CNC(=O)C2(NC(=O)[C@@H](CC3CCCCC3)NCC(=O)O)Cc3ccccc3C2)cc1. The minimum absolute atomic E-state index is 0.0229. The molecule has 2 aromatic rings. The first-order chi connectivity index (χ1) is 18.3. The summed E-state index contributed by atoms with van der Waals surface area (Å²) >= 11 is 0. The van der Waals surface area contributed by atoms with Gasteiger partial charge in [0.1, 0.15) is 11.4 Å². The Balaban J connectivity index is 1.51. The lowest BCUT2D eigenvalue weighted by Crippen LogP contribution is -2.63. The fourth-order valence-corrected chi connectivity index (χ4v) is 5.65. The number of carbonyl (C=O) groups excluding carboxylic acids is 2.